The maximum absolute atomic E-state index is 4.50. The van der Waals surface area contributed by atoms with E-state index in [0.29, 0.717) is 0 Å². The average Bonchev–Trinajstić information content (AvgIpc) is 3.03. The van der Waals surface area contributed by atoms with Crippen LogP contribution in [0.4, 0.5) is 5.82 Å². The molecule has 0 spiro atoms. The molecule has 2 saturated heterocycles. The van der Waals surface area contributed by atoms with E-state index in [-0.39, 0.29) is 0 Å². The molecule has 1 N–H and O–H groups in total. The topological polar surface area (TPSA) is 34.6 Å². The summed E-state index contributed by atoms with van der Waals surface area (Å²) in [6, 6.07) is 5.08. The van der Waals surface area contributed by atoms with Gasteiger partial charge in [0, 0.05) is 65.6 Å². The van der Waals surface area contributed by atoms with Gasteiger partial charge in [-0.15, -0.1) is 0 Å². The lowest BCUT2D eigenvalue weighted by molar-refractivity contribution is 0.0981. The molecular formula is C16H27N5. The number of pyridine rings is 1. The van der Waals surface area contributed by atoms with Crippen LogP contribution in [0.3, 0.4) is 0 Å². The van der Waals surface area contributed by atoms with Crippen LogP contribution in [0.2, 0.25) is 0 Å². The first-order valence-electron chi connectivity index (χ1n) is 8.02. The third kappa shape index (κ3) is 3.73. The molecule has 3 rings (SSSR count). The highest BCUT2D eigenvalue weighted by atomic mass is 15.3. The minimum absolute atomic E-state index is 0.771. The predicted molar refractivity (Wildman–Crippen MR) is 86.7 cm³/mol. The summed E-state index contributed by atoms with van der Waals surface area (Å²) in [5, 5.41) is 3.47. The fourth-order valence-electron chi connectivity index (χ4n) is 3.27. The third-order valence-corrected chi connectivity index (χ3v) is 4.63. The highest BCUT2D eigenvalue weighted by Gasteiger charge is 2.25. The molecule has 2 fully saturated rings. The van der Waals surface area contributed by atoms with Gasteiger partial charge in [-0.1, -0.05) is 6.07 Å². The molecule has 0 amide bonds. The van der Waals surface area contributed by atoms with E-state index in [9.17, 15) is 0 Å². The van der Waals surface area contributed by atoms with E-state index in [1.54, 1.807) is 0 Å². The van der Waals surface area contributed by atoms with Crippen molar-refractivity contribution in [2.24, 2.45) is 0 Å². The molecule has 0 radical (unpaired) electrons. The molecule has 2 aliphatic heterocycles. The van der Waals surface area contributed by atoms with Gasteiger partial charge in [0.1, 0.15) is 5.82 Å². The van der Waals surface area contributed by atoms with Gasteiger partial charge in [-0.2, -0.15) is 0 Å². The number of aromatic nitrogens is 1. The zero-order valence-corrected chi connectivity index (χ0v) is 13.3. The fraction of sp³-hybridized carbons (Fsp3) is 0.688. The van der Waals surface area contributed by atoms with Gasteiger partial charge < -0.3 is 10.2 Å². The molecule has 0 aliphatic carbocycles. The van der Waals surface area contributed by atoms with Crippen molar-refractivity contribution in [3.63, 3.8) is 0 Å². The predicted octanol–water partition coefficient (Wildman–Crippen LogP) is 0.627. The Morgan fingerprint density at radius 3 is 2.62 bits per heavy atom. The van der Waals surface area contributed by atoms with Crippen molar-refractivity contribution in [2.45, 2.75) is 19.0 Å². The second kappa shape index (κ2) is 6.73. The van der Waals surface area contributed by atoms with Crippen molar-refractivity contribution in [1.29, 1.82) is 0 Å². The molecule has 0 aromatic carbocycles. The molecule has 5 heteroatoms. The Hall–Kier alpha value is -1.17. The summed E-state index contributed by atoms with van der Waals surface area (Å²) in [6.45, 7) is 8.14. The first kappa shape index (κ1) is 14.8. The molecule has 0 saturated carbocycles. The summed E-state index contributed by atoms with van der Waals surface area (Å²) >= 11 is 0. The van der Waals surface area contributed by atoms with E-state index in [1.807, 2.05) is 25.2 Å². The van der Waals surface area contributed by atoms with Crippen LogP contribution in [0.25, 0.3) is 0 Å². The van der Waals surface area contributed by atoms with Crippen LogP contribution in [0.5, 0.6) is 0 Å². The Balaban J connectivity index is 1.48. The SMILES string of the molecule is CN(C)c1ccc(CN2CCN([C@@H]3CCNC3)CC2)cn1. The van der Waals surface area contributed by atoms with Gasteiger partial charge in [0.05, 0.1) is 0 Å². The summed E-state index contributed by atoms with van der Waals surface area (Å²) in [5.41, 5.74) is 1.32. The fourth-order valence-corrected chi connectivity index (χ4v) is 3.27. The van der Waals surface area contributed by atoms with Gasteiger partial charge in [-0.05, 0) is 24.6 Å². The highest BCUT2D eigenvalue weighted by Crippen LogP contribution is 2.15. The smallest absolute Gasteiger partial charge is 0.127 e. The molecule has 1 aromatic heterocycles. The Morgan fingerprint density at radius 1 is 1.24 bits per heavy atom. The van der Waals surface area contributed by atoms with Crippen LogP contribution in [0.1, 0.15) is 12.0 Å². The lowest BCUT2D eigenvalue weighted by Gasteiger charge is -2.37. The van der Waals surface area contributed by atoms with Crippen LogP contribution in [-0.4, -0.2) is 74.2 Å². The Morgan fingerprint density at radius 2 is 2.05 bits per heavy atom. The molecule has 2 aliphatic rings. The molecule has 0 unspecified atom stereocenters. The van der Waals surface area contributed by atoms with E-state index in [0.717, 1.165) is 18.4 Å². The van der Waals surface area contributed by atoms with Crippen molar-refractivity contribution in [1.82, 2.24) is 20.1 Å². The van der Waals surface area contributed by atoms with Crippen molar-refractivity contribution in [3.05, 3.63) is 23.9 Å². The summed E-state index contributed by atoms with van der Waals surface area (Å²) in [6.07, 6.45) is 3.33. The second-order valence-electron chi connectivity index (χ2n) is 6.38. The van der Waals surface area contributed by atoms with Crippen molar-refractivity contribution >= 4 is 5.82 Å². The van der Waals surface area contributed by atoms with Gasteiger partial charge in [0.25, 0.3) is 0 Å². The van der Waals surface area contributed by atoms with E-state index < -0.39 is 0 Å². The number of hydrogen-bond acceptors (Lipinski definition) is 5. The lowest BCUT2D eigenvalue weighted by Crippen LogP contribution is -2.50. The maximum Gasteiger partial charge on any atom is 0.127 e. The summed E-state index contributed by atoms with van der Waals surface area (Å²) < 4.78 is 0. The average molecular weight is 289 g/mol. The molecule has 0 bridgehead atoms. The van der Waals surface area contributed by atoms with Crippen LogP contribution >= 0.6 is 0 Å². The van der Waals surface area contributed by atoms with Gasteiger partial charge >= 0.3 is 0 Å². The van der Waals surface area contributed by atoms with Crippen molar-refractivity contribution in [2.75, 3.05) is 58.3 Å². The van der Waals surface area contributed by atoms with E-state index in [4.69, 9.17) is 0 Å². The second-order valence-corrected chi connectivity index (χ2v) is 6.38. The number of nitrogens with zero attached hydrogens (tertiary/aromatic N) is 4. The normalized spacial score (nSPS) is 24.4. The van der Waals surface area contributed by atoms with E-state index in [2.05, 4.69) is 32.2 Å². The van der Waals surface area contributed by atoms with E-state index in [1.165, 1.54) is 51.3 Å². The van der Waals surface area contributed by atoms with Crippen LogP contribution in [0, 0.1) is 0 Å². The molecule has 3 heterocycles. The number of rotatable bonds is 4. The largest absolute Gasteiger partial charge is 0.363 e. The van der Waals surface area contributed by atoms with E-state index >= 15 is 0 Å². The van der Waals surface area contributed by atoms with Crippen LogP contribution in [-0.2, 0) is 6.54 Å². The van der Waals surface area contributed by atoms with Crippen LogP contribution in [0.15, 0.2) is 18.3 Å². The first-order chi connectivity index (χ1) is 10.2. The molecule has 116 valence electrons. The monoisotopic (exact) mass is 289 g/mol. The number of hydrogen-bond donors (Lipinski definition) is 1. The van der Waals surface area contributed by atoms with Crippen LogP contribution < -0.4 is 10.2 Å². The Labute approximate surface area is 127 Å². The number of piperazine rings is 1. The zero-order chi connectivity index (χ0) is 14.7. The summed E-state index contributed by atoms with van der Waals surface area (Å²) in [7, 11) is 4.05. The molecule has 1 atom stereocenters. The van der Waals surface area contributed by atoms with Crippen molar-refractivity contribution in [3.8, 4) is 0 Å². The third-order valence-electron chi connectivity index (χ3n) is 4.63. The first-order valence-corrected chi connectivity index (χ1v) is 8.02. The Kier molecular flexibility index (Phi) is 4.73. The maximum atomic E-state index is 4.50. The standard InChI is InChI=1S/C16H27N5/c1-19(2)16-4-3-14(11-18-16)13-20-7-9-21(10-8-20)15-5-6-17-12-15/h3-4,11,15,17H,5-10,12-13H2,1-2H3/t15-/m1/s1. The minimum Gasteiger partial charge on any atom is -0.363 e. The summed E-state index contributed by atoms with van der Waals surface area (Å²) in [4.78, 5) is 11.7. The summed E-state index contributed by atoms with van der Waals surface area (Å²) in [5.74, 6) is 1.03. The minimum atomic E-state index is 0.771. The zero-order valence-electron chi connectivity index (χ0n) is 13.3. The van der Waals surface area contributed by atoms with Gasteiger partial charge in [0.15, 0.2) is 0 Å². The quantitative estimate of drug-likeness (QED) is 0.879. The highest BCUT2D eigenvalue weighted by molar-refractivity contribution is 5.37. The lowest BCUT2D eigenvalue weighted by atomic mass is 10.1. The van der Waals surface area contributed by atoms with Gasteiger partial charge in [-0.25, -0.2) is 4.98 Å². The van der Waals surface area contributed by atoms with Crippen molar-refractivity contribution < 1.29 is 0 Å². The van der Waals surface area contributed by atoms with Gasteiger partial charge in [-0.3, -0.25) is 9.80 Å². The molecule has 1 aromatic rings. The number of anilines is 1. The Bertz CT molecular complexity index is 430. The number of nitrogens with one attached hydrogen (secondary N) is 1. The molecule has 5 nitrogen and oxygen atoms in total. The molecule has 21 heavy (non-hydrogen) atoms. The molecular weight excluding hydrogens is 262 g/mol. The van der Waals surface area contributed by atoms with Gasteiger partial charge in [0.2, 0.25) is 0 Å².